The maximum absolute atomic E-state index is 11.2. The van der Waals surface area contributed by atoms with Crippen LogP contribution in [-0.4, -0.2) is 12.5 Å². The van der Waals surface area contributed by atoms with Crippen molar-refractivity contribution in [3.8, 4) is 12.3 Å². The highest BCUT2D eigenvalue weighted by Crippen LogP contribution is 2.21. The molecule has 1 rings (SSSR count). The van der Waals surface area contributed by atoms with Gasteiger partial charge in [0.15, 0.2) is 0 Å². The number of rotatable bonds is 3. The molecule has 3 nitrogen and oxygen atoms in total. The van der Waals surface area contributed by atoms with Crippen molar-refractivity contribution in [2.24, 2.45) is 0 Å². The van der Waals surface area contributed by atoms with E-state index < -0.39 is 0 Å². The molecule has 1 heterocycles. The van der Waals surface area contributed by atoms with Crippen LogP contribution in [0.3, 0.4) is 0 Å². The van der Waals surface area contributed by atoms with Gasteiger partial charge in [0.2, 0.25) is 0 Å². The average Bonchev–Trinajstić information content (AvgIpc) is 2.52. The van der Waals surface area contributed by atoms with Crippen molar-refractivity contribution in [1.82, 2.24) is 5.48 Å². The van der Waals surface area contributed by atoms with Gasteiger partial charge in [-0.3, -0.25) is 9.63 Å². The van der Waals surface area contributed by atoms with Gasteiger partial charge in [-0.2, -0.15) is 0 Å². The Bertz CT molecular complexity index is 342. The first-order valence-corrected chi connectivity index (χ1v) is 4.96. The van der Waals surface area contributed by atoms with Gasteiger partial charge in [-0.1, -0.05) is 5.92 Å². The van der Waals surface area contributed by atoms with E-state index in [2.05, 4.69) is 32.2 Å². The van der Waals surface area contributed by atoms with E-state index in [0.717, 1.165) is 3.79 Å². The first-order chi connectivity index (χ1) is 6.24. The molecule has 1 aromatic rings. The van der Waals surface area contributed by atoms with Crippen molar-refractivity contribution in [3.05, 3.63) is 20.8 Å². The van der Waals surface area contributed by atoms with Crippen molar-refractivity contribution in [2.75, 3.05) is 6.61 Å². The molecule has 0 spiro atoms. The summed E-state index contributed by atoms with van der Waals surface area (Å²) in [5.41, 5.74) is 2.22. The number of hydroxylamine groups is 1. The summed E-state index contributed by atoms with van der Waals surface area (Å²) in [6.45, 7) is 0.0677. The second-order valence-electron chi connectivity index (χ2n) is 2.03. The third-order valence-electron chi connectivity index (χ3n) is 1.12. The molecule has 0 unspecified atom stereocenters. The summed E-state index contributed by atoms with van der Waals surface area (Å²) in [5, 5.41) is 0. The van der Waals surface area contributed by atoms with Crippen molar-refractivity contribution >= 4 is 33.2 Å². The van der Waals surface area contributed by atoms with Gasteiger partial charge in [-0.15, -0.1) is 17.8 Å². The summed E-state index contributed by atoms with van der Waals surface area (Å²) < 4.78 is 0.898. The third kappa shape index (κ3) is 3.19. The summed E-state index contributed by atoms with van der Waals surface area (Å²) in [6, 6.07) is 3.49. The van der Waals surface area contributed by atoms with Crippen LogP contribution in [0.15, 0.2) is 15.9 Å². The van der Waals surface area contributed by atoms with Gasteiger partial charge in [0.25, 0.3) is 5.91 Å². The van der Waals surface area contributed by atoms with Crippen LogP contribution < -0.4 is 5.48 Å². The Morgan fingerprint density at radius 1 is 1.77 bits per heavy atom. The molecule has 1 amide bonds. The van der Waals surface area contributed by atoms with Crippen molar-refractivity contribution in [2.45, 2.75) is 0 Å². The van der Waals surface area contributed by atoms with E-state index in [1.165, 1.54) is 11.3 Å². The summed E-state index contributed by atoms with van der Waals surface area (Å²) in [5.74, 6) is 1.95. The van der Waals surface area contributed by atoms with Crippen LogP contribution >= 0.6 is 27.3 Å². The predicted molar refractivity (Wildman–Crippen MR) is 54.3 cm³/mol. The number of hydrogen-bond donors (Lipinski definition) is 1. The molecular formula is C8H6BrNO2S. The molecule has 0 aliphatic carbocycles. The number of amides is 1. The van der Waals surface area contributed by atoms with Crippen LogP contribution in [0.25, 0.3) is 0 Å². The van der Waals surface area contributed by atoms with E-state index in [1.807, 2.05) is 0 Å². The van der Waals surface area contributed by atoms with Gasteiger partial charge in [0.05, 0.1) is 8.66 Å². The van der Waals surface area contributed by atoms with Crippen LogP contribution in [0.5, 0.6) is 0 Å². The highest BCUT2D eigenvalue weighted by molar-refractivity contribution is 9.11. The Kier molecular flexibility index (Phi) is 3.96. The number of carbonyl (C=O) groups is 1. The van der Waals surface area contributed by atoms with E-state index >= 15 is 0 Å². The molecule has 0 fully saturated rings. The molecule has 0 aliphatic heterocycles. The van der Waals surface area contributed by atoms with Gasteiger partial charge < -0.3 is 0 Å². The van der Waals surface area contributed by atoms with Crippen molar-refractivity contribution in [3.63, 3.8) is 0 Å². The Labute approximate surface area is 88.2 Å². The fraction of sp³-hybridized carbons (Fsp3) is 0.125. The van der Waals surface area contributed by atoms with E-state index in [9.17, 15) is 4.79 Å². The Morgan fingerprint density at radius 3 is 3.08 bits per heavy atom. The number of hydrogen-bond acceptors (Lipinski definition) is 3. The van der Waals surface area contributed by atoms with E-state index in [1.54, 1.807) is 12.1 Å². The van der Waals surface area contributed by atoms with Crippen LogP contribution in [0.1, 0.15) is 9.67 Å². The molecule has 0 aromatic carbocycles. The Morgan fingerprint density at radius 2 is 2.54 bits per heavy atom. The van der Waals surface area contributed by atoms with Gasteiger partial charge >= 0.3 is 0 Å². The topological polar surface area (TPSA) is 38.3 Å². The molecule has 1 aromatic heterocycles. The fourth-order valence-corrected chi connectivity index (χ4v) is 1.90. The first-order valence-electron chi connectivity index (χ1n) is 3.35. The van der Waals surface area contributed by atoms with Gasteiger partial charge in [0.1, 0.15) is 6.61 Å². The Hall–Kier alpha value is -0.830. The SMILES string of the molecule is C#CCONC(=O)c1ccc(Br)s1. The first kappa shape index (κ1) is 10.3. The van der Waals surface area contributed by atoms with Gasteiger partial charge in [0, 0.05) is 0 Å². The predicted octanol–water partition coefficient (Wildman–Crippen LogP) is 1.81. The molecule has 0 aliphatic rings. The lowest BCUT2D eigenvalue weighted by molar-refractivity contribution is 0.0442. The van der Waals surface area contributed by atoms with Crippen molar-refractivity contribution in [1.29, 1.82) is 0 Å². The number of terminal acetylenes is 1. The minimum absolute atomic E-state index is 0.0677. The summed E-state index contributed by atoms with van der Waals surface area (Å²) in [7, 11) is 0. The molecule has 13 heavy (non-hydrogen) atoms. The lowest BCUT2D eigenvalue weighted by Gasteiger charge is -1.99. The second-order valence-corrected chi connectivity index (χ2v) is 4.49. The van der Waals surface area contributed by atoms with E-state index in [-0.39, 0.29) is 12.5 Å². The molecule has 0 radical (unpaired) electrons. The maximum Gasteiger partial charge on any atom is 0.284 e. The van der Waals surface area contributed by atoms with Crippen molar-refractivity contribution < 1.29 is 9.63 Å². The zero-order valence-electron chi connectivity index (χ0n) is 6.54. The number of nitrogens with one attached hydrogen (secondary N) is 1. The van der Waals surface area contributed by atoms with Crippen LogP contribution in [0.4, 0.5) is 0 Å². The third-order valence-corrected chi connectivity index (χ3v) is 2.74. The molecule has 0 saturated carbocycles. The minimum Gasteiger partial charge on any atom is -0.266 e. The largest absolute Gasteiger partial charge is 0.284 e. The normalized spacial score (nSPS) is 9.23. The highest BCUT2D eigenvalue weighted by Gasteiger charge is 2.07. The fourth-order valence-electron chi connectivity index (χ4n) is 0.630. The second kappa shape index (κ2) is 5.02. The molecule has 5 heteroatoms. The summed E-state index contributed by atoms with van der Waals surface area (Å²) in [4.78, 5) is 16.5. The number of thiophene rings is 1. The van der Waals surface area contributed by atoms with Crippen LogP contribution in [-0.2, 0) is 4.84 Å². The maximum atomic E-state index is 11.2. The summed E-state index contributed by atoms with van der Waals surface area (Å²) in [6.07, 6.45) is 4.93. The molecule has 1 N–H and O–H groups in total. The average molecular weight is 260 g/mol. The number of halogens is 1. The molecule has 0 saturated heterocycles. The Balaban J connectivity index is 2.45. The lowest BCUT2D eigenvalue weighted by atomic mass is 10.5. The highest BCUT2D eigenvalue weighted by atomic mass is 79.9. The number of carbonyl (C=O) groups excluding carboxylic acids is 1. The minimum atomic E-state index is -0.286. The molecule has 0 bridgehead atoms. The lowest BCUT2D eigenvalue weighted by Crippen LogP contribution is -2.22. The van der Waals surface area contributed by atoms with Crippen LogP contribution in [0.2, 0.25) is 0 Å². The zero-order chi connectivity index (χ0) is 9.68. The van der Waals surface area contributed by atoms with Crippen LogP contribution in [0, 0.1) is 12.3 Å². The van der Waals surface area contributed by atoms with E-state index in [4.69, 9.17) is 6.42 Å². The zero-order valence-corrected chi connectivity index (χ0v) is 8.94. The van der Waals surface area contributed by atoms with E-state index in [0.29, 0.717) is 4.88 Å². The molecule has 68 valence electrons. The molecule has 0 atom stereocenters. The smallest absolute Gasteiger partial charge is 0.266 e. The monoisotopic (exact) mass is 259 g/mol. The summed E-state index contributed by atoms with van der Waals surface area (Å²) >= 11 is 4.57. The quantitative estimate of drug-likeness (QED) is 0.511. The standard InChI is InChI=1S/C8H6BrNO2S/c1-2-5-12-10-8(11)6-3-4-7(9)13-6/h1,3-4H,5H2,(H,10,11). The molecular weight excluding hydrogens is 254 g/mol. The van der Waals surface area contributed by atoms with Gasteiger partial charge in [-0.05, 0) is 28.1 Å². The van der Waals surface area contributed by atoms with Gasteiger partial charge in [-0.25, -0.2) is 5.48 Å².